The largest absolute Gasteiger partial charge is 0.504 e. The van der Waals surface area contributed by atoms with Crippen LogP contribution in [0.5, 0.6) is 11.5 Å². The summed E-state index contributed by atoms with van der Waals surface area (Å²) in [4.78, 5) is 2.45. The molecule has 0 aromatic heterocycles. The average molecular weight is 280 g/mol. The molecule has 0 atom stereocenters. The summed E-state index contributed by atoms with van der Waals surface area (Å²) in [7, 11) is 1.57. The minimum Gasteiger partial charge on any atom is -0.504 e. The highest BCUT2D eigenvalue weighted by Crippen LogP contribution is 2.26. The Morgan fingerprint density at radius 2 is 1.95 bits per heavy atom. The van der Waals surface area contributed by atoms with E-state index in [-0.39, 0.29) is 5.75 Å². The van der Waals surface area contributed by atoms with Gasteiger partial charge in [0.2, 0.25) is 0 Å². The second-order valence-corrected chi connectivity index (χ2v) is 4.92. The number of phenols is 1. The number of benzene rings is 1. The fourth-order valence-electron chi connectivity index (χ4n) is 2.19. The third-order valence-corrected chi connectivity index (χ3v) is 3.55. The second-order valence-electron chi connectivity index (χ2n) is 4.92. The standard InChI is InChI=1S/C16H28N2O2/c1-4-18(5-2)11-7-6-10-17-13-14-8-9-15(19)16(12-14)20-3/h8-9,12,17,19H,4-7,10-11,13H2,1-3H3. The molecule has 1 aromatic rings. The lowest BCUT2D eigenvalue weighted by Crippen LogP contribution is -2.25. The van der Waals surface area contributed by atoms with Gasteiger partial charge in [-0.3, -0.25) is 0 Å². The topological polar surface area (TPSA) is 44.7 Å². The predicted octanol–water partition coefficient (Wildman–Crippen LogP) is 2.61. The molecule has 0 aliphatic heterocycles. The van der Waals surface area contributed by atoms with Gasteiger partial charge in [-0.25, -0.2) is 0 Å². The number of nitrogens with zero attached hydrogens (tertiary/aromatic N) is 1. The van der Waals surface area contributed by atoms with Crippen LogP contribution < -0.4 is 10.1 Å². The summed E-state index contributed by atoms with van der Waals surface area (Å²) >= 11 is 0. The fourth-order valence-corrected chi connectivity index (χ4v) is 2.19. The highest BCUT2D eigenvalue weighted by Gasteiger charge is 2.02. The zero-order valence-corrected chi connectivity index (χ0v) is 13.0. The molecule has 0 heterocycles. The number of ether oxygens (including phenoxy) is 1. The van der Waals surface area contributed by atoms with Crippen molar-refractivity contribution in [3.63, 3.8) is 0 Å². The van der Waals surface area contributed by atoms with Gasteiger partial charge in [-0.2, -0.15) is 0 Å². The van der Waals surface area contributed by atoms with Crippen LogP contribution in [0.25, 0.3) is 0 Å². The van der Waals surface area contributed by atoms with Crippen LogP contribution in [-0.4, -0.2) is 43.3 Å². The Hall–Kier alpha value is -1.26. The molecule has 4 nitrogen and oxygen atoms in total. The van der Waals surface area contributed by atoms with Crippen molar-refractivity contribution in [3.8, 4) is 11.5 Å². The Balaban J connectivity index is 2.18. The number of hydrogen-bond acceptors (Lipinski definition) is 4. The minimum atomic E-state index is 0.190. The Morgan fingerprint density at radius 3 is 2.60 bits per heavy atom. The van der Waals surface area contributed by atoms with Crippen LogP contribution in [0.4, 0.5) is 0 Å². The molecule has 20 heavy (non-hydrogen) atoms. The summed E-state index contributed by atoms with van der Waals surface area (Å²) in [6, 6.07) is 5.47. The molecular formula is C16H28N2O2. The summed E-state index contributed by atoms with van der Waals surface area (Å²) in [6.45, 7) is 9.70. The third-order valence-electron chi connectivity index (χ3n) is 3.55. The van der Waals surface area contributed by atoms with Crippen molar-refractivity contribution in [1.29, 1.82) is 0 Å². The van der Waals surface area contributed by atoms with Crippen LogP contribution in [0.15, 0.2) is 18.2 Å². The van der Waals surface area contributed by atoms with Gasteiger partial charge in [-0.05, 0) is 56.7 Å². The van der Waals surface area contributed by atoms with Crippen LogP contribution in [0, 0.1) is 0 Å². The number of nitrogens with one attached hydrogen (secondary N) is 1. The maximum Gasteiger partial charge on any atom is 0.160 e. The van der Waals surface area contributed by atoms with E-state index in [1.54, 1.807) is 13.2 Å². The maximum atomic E-state index is 9.53. The lowest BCUT2D eigenvalue weighted by molar-refractivity contribution is 0.296. The third kappa shape index (κ3) is 5.80. The van der Waals surface area contributed by atoms with Gasteiger partial charge in [-0.1, -0.05) is 19.9 Å². The molecule has 0 radical (unpaired) electrons. The van der Waals surface area contributed by atoms with Crippen LogP contribution in [0.2, 0.25) is 0 Å². The molecule has 4 heteroatoms. The Bertz CT molecular complexity index is 379. The second kappa shape index (κ2) is 9.61. The number of phenolic OH excluding ortho intramolecular Hbond substituents is 1. The molecule has 0 unspecified atom stereocenters. The molecule has 0 saturated heterocycles. The molecule has 0 bridgehead atoms. The first-order valence-corrected chi connectivity index (χ1v) is 7.50. The Labute approximate surface area is 122 Å². The summed E-state index contributed by atoms with van der Waals surface area (Å²) < 4.78 is 5.10. The van der Waals surface area contributed by atoms with Gasteiger partial charge in [0.25, 0.3) is 0 Å². The average Bonchev–Trinajstić information content (AvgIpc) is 2.48. The van der Waals surface area contributed by atoms with E-state index >= 15 is 0 Å². The number of methoxy groups -OCH3 is 1. The SMILES string of the molecule is CCN(CC)CCCCNCc1ccc(O)c(OC)c1. The smallest absolute Gasteiger partial charge is 0.160 e. The van der Waals surface area contributed by atoms with Crippen molar-refractivity contribution in [2.24, 2.45) is 0 Å². The summed E-state index contributed by atoms with van der Waals surface area (Å²) in [5, 5.41) is 13.0. The van der Waals surface area contributed by atoms with Gasteiger partial charge in [0.05, 0.1) is 7.11 Å². The predicted molar refractivity (Wildman–Crippen MR) is 83.4 cm³/mol. The van der Waals surface area contributed by atoms with E-state index in [0.717, 1.165) is 31.7 Å². The van der Waals surface area contributed by atoms with Crippen LogP contribution in [0.3, 0.4) is 0 Å². The van der Waals surface area contributed by atoms with E-state index in [1.165, 1.54) is 19.4 Å². The summed E-state index contributed by atoms with van der Waals surface area (Å²) in [6.07, 6.45) is 2.42. The van der Waals surface area contributed by atoms with Gasteiger partial charge < -0.3 is 20.1 Å². The zero-order chi connectivity index (χ0) is 14.8. The van der Waals surface area contributed by atoms with E-state index in [1.807, 2.05) is 12.1 Å². The molecule has 0 aliphatic rings. The molecule has 0 fully saturated rings. The molecule has 0 saturated carbocycles. The number of unbranched alkanes of at least 4 members (excludes halogenated alkanes) is 1. The van der Waals surface area contributed by atoms with Crippen LogP contribution in [-0.2, 0) is 6.54 Å². The normalized spacial score (nSPS) is 11.0. The van der Waals surface area contributed by atoms with Gasteiger partial charge >= 0.3 is 0 Å². The van der Waals surface area contributed by atoms with Crippen LogP contribution in [0.1, 0.15) is 32.3 Å². The van der Waals surface area contributed by atoms with Crippen molar-refractivity contribution in [1.82, 2.24) is 10.2 Å². The Kier molecular flexibility index (Phi) is 8.07. The lowest BCUT2D eigenvalue weighted by Gasteiger charge is -2.17. The molecule has 0 amide bonds. The van der Waals surface area contributed by atoms with E-state index in [9.17, 15) is 5.11 Å². The van der Waals surface area contributed by atoms with Crippen molar-refractivity contribution in [2.45, 2.75) is 33.2 Å². The molecule has 2 N–H and O–H groups in total. The van der Waals surface area contributed by atoms with E-state index in [4.69, 9.17) is 4.74 Å². The van der Waals surface area contributed by atoms with Crippen LogP contribution >= 0.6 is 0 Å². The van der Waals surface area contributed by atoms with E-state index in [2.05, 4.69) is 24.1 Å². The van der Waals surface area contributed by atoms with Gasteiger partial charge in [0.1, 0.15) is 0 Å². The highest BCUT2D eigenvalue weighted by molar-refractivity contribution is 5.41. The van der Waals surface area contributed by atoms with Crippen molar-refractivity contribution in [2.75, 3.05) is 33.3 Å². The lowest BCUT2D eigenvalue weighted by atomic mass is 10.2. The molecule has 1 aromatic carbocycles. The van der Waals surface area contributed by atoms with Crippen molar-refractivity contribution in [3.05, 3.63) is 23.8 Å². The van der Waals surface area contributed by atoms with E-state index in [0.29, 0.717) is 5.75 Å². The molecule has 1 rings (SSSR count). The van der Waals surface area contributed by atoms with Crippen molar-refractivity contribution < 1.29 is 9.84 Å². The summed E-state index contributed by atoms with van der Waals surface area (Å²) in [5.41, 5.74) is 1.13. The van der Waals surface area contributed by atoms with Crippen molar-refractivity contribution >= 4 is 0 Å². The maximum absolute atomic E-state index is 9.53. The number of rotatable bonds is 10. The first-order valence-electron chi connectivity index (χ1n) is 7.50. The highest BCUT2D eigenvalue weighted by atomic mass is 16.5. The quantitative estimate of drug-likeness (QED) is 0.647. The summed E-state index contributed by atoms with van der Waals surface area (Å²) in [5.74, 6) is 0.723. The van der Waals surface area contributed by atoms with E-state index < -0.39 is 0 Å². The van der Waals surface area contributed by atoms with Gasteiger partial charge in [0.15, 0.2) is 11.5 Å². The molecule has 0 aliphatic carbocycles. The Morgan fingerprint density at radius 1 is 1.20 bits per heavy atom. The van der Waals surface area contributed by atoms with Gasteiger partial charge in [0, 0.05) is 6.54 Å². The molecule has 114 valence electrons. The fraction of sp³-hybridized carbons (Fsp3) is 0.625. The first-order chi connectivity index (χ1) is 9.71. The molecular weight excluding hydrogens is 252 g/mol. The number of hydrogen-bond donors (Lipinski definition) is 2. The zero-order valence-electron chi connectivity index (χ0n) is 13.0. The first kappa shape index (κ1) is 16.8. The van der Waals surface area contributed by atoms with Gasteiger partial charge in [-0.15, -0.1) is 0 Å². The molecule has 0 spiro atoms. The number of aromatic hydroxyl groups is 1. The monoisotopic (exact) mass is 280 g/mol. The minimum absolute atomic E-state index is 0.190.